The Morgan fingerprint density at radius 1 is 0.771 bits per heavy atom. The number of nitrogens with one attached hydrogen (secondary N) is 2. The van der Waals surface area contributed by atoms with Gasteiger partial charge in [-0.1, -0.05) is 18.2 Å². The summed E-state index contributed by atoms with van der Waals surface area (Å²) in [5, 5.41) is 2.83. The van der Waals surface area contributed by atoms with Gasteiger partial charge in [0.05, 0.1) is 44.6 Å². The number of ether oxygens (including phenoxy) is 4. The molecule has 3 aromatic rings. The molecule has 0 saturated carbocycles. The van der Waals surface area contributed by atoms with E-state index in [9.17, 15) is 13.2 Å². The summed E-state index contributed by atoms with van der Waals surface area (Å²) in [6, 6.07) is 16.2. The van der Waals surface area contributed by atoms with E-state index < -0.39 is 15.9 Å². The Balaban J connectivity index is 1.72. The van der Waals surface area contributed by atoms with Crippen LogP contribution in [0.4, 0.5) is 5.69 Å². The molecule has 9 nitrogen and oxygen atoms in total. The fraction of sp³-hybridized carbons (Fsp3) is 0.240. The zero-order valence-corrected chi connectivity index (χ0v) is 20.8. The summed E-state index contributed by atoms with van der Waals surface area (Å²) in [6.07, 6.45) is 0.547. The number of hydrogen-bond acceptors (Lipinski definition) is 7. The molecule has 0 unspecified atom stereocenters. The summed E-state index contributed by atoms with van der Waals surface area (Å²) in [5.74, 6) is 1.50. The van der Waals surface area contributed by atoms with E-state index in [-0.39, 0.29) is 21.9 Å². The standard InChI is InChI=1S/C25H28N2O7S/c1-31-21-11-9-17(15-23(21)33-3)13-14-26-25(28)19-7-5-6-8-20(19)27-35(29,30)18-10-12-22(32-2)24(16-18)34-4/h5-12,15-16,27H,13-14H2,1-4H3,(H,26,28). The maximum Gasteiger partial charge on any atom is 0.262 e. The van der Waals surface area contributed by atoms with E-state index in [1.54, 1.807) is 38.5 Å². The first-order chi connectivity index (χ1) is 16.8. The van der Waals surface area contributed by atoms with Crippen molar-refractivity contribution in [3.8, 4) is 23.0 Å². The number of anilines is 1. The summed E-state index contributed by atoms with van der Waals surface area (Å²) in [7, 11) is 2.01. The minimum absolute atomic E-state index is 0.0289. The van der Waals surface area contributed by atoms with Gasteiger partial charge in [-0.25, -0.2) is 8.42 Å². The van der Waals surface area contributed by atoms with Gasteiger partial charge in [0.2, 0.25) is 0 Å². The van der Waals surface area contributed by atoms with Crippen LogP contribution in [0, 0.1) is 0 Å². The molecule has 3 rings (SSSR count). The molecule has 0 bridgehead atoms. The summed E-state index contributed by atoms with van der Waals surface area (Å²) < 4.78 is 49.4. The normalized spacial score (nSPS) is 10.9. The predicted octanol–water partition coefficient (Wildman–Crippen LogP) is 3.49. The van der Waals surface area contributed by atoms with Crippen LogP contribution < -0.4 is 29.0 Å². The number of carbonyl (C=O) groups excluding carboxylic acids is 1. The lowest BCUT2D eigenvalue weighted by Crippen LogP contribution is -2.27. The van der Waals surface area contributed by atoms with Crippen LogP contribution in [0.1, 0.15) is 15.9 Å². The first-order valence-corrected chi connectivity index (χ1v) is 12.1. The minimum Gasteiger partial charge on any atom is -0.493 e. The van der Waals surface area contributed by atoms with E-state index in [1.807, 2.05) is 12.1 Å². The summed E-state index contributed by atoms with van der Waals surface area (Å²) in [5.41, 5.74) is 1.31. The molecule has 1 amide bonds. The second-order valence-corrected chi connectivity index (χ2v) is 9.05. The van der Waals surface area contributed by atoms with Crippen LogP contribution in [0.15, 0.2) is 65.6 Å². The first kappa shape index (κ1) is 25.7. The van der Waals surface area contributed by atoms with E-state index in [1.165, 1.54) is 38.5 Å². The van der Waals surface area contributed by atoms with E-state index in [0.29, 0.717) is 30.2 Å². The van der Waals surface area contributed by atoms with Crippen molar-refractivity contribution >= 4 is 21.6 Å². The predicted molar refractivity (Wildman–Crippen MR) is 132 cm³/mol. The Kier molecular flexibility index (Phi) is 8.43. The molecule has 0 fully saturated rings. The molecule has 0 aromatic heterocycles. The van der Waals surface area contributed by atoms with Crippen LogP contribution in [0.3, 0.4) is 0 Å². The van der Waals surface area contributed by atoms with Gasteiger partial charge in [0.25, 0.3) is 15.9 Å². The third-order valence-corrected chi connectivity index (χ3v) is 6.59. The molecule has 0 radical (unpaired) electrons. The summed E-state index contributed by atoms with van der Waals surface area (Å²) >= 11 is 0. The van der Waals surface area contributed by atoms with E-state index in [2.05, 4.69) is 10.0 Å². The average molecular weight is 501 g/mol. The number of rotatable bonds is 11. The van der Waals surface area contributed by atoms with Crippen molar-refractivity contribution in [2.45, 2.75) is 11.3 Å². The number of amides is 1. The molecular weight excluding hydrogens is 472 g/mol. The Labute approximate surface area is 205 Å². The van der Waals surface area contributed by atoms with Crippen LogP contribution in [-0.2, 0) is 16.4 Å². The molecule has 186 valence electrons. The van der Waals surface area contributed by atoms with E-state index in [4.69, 9.17) is 18.9 Å². The smallest absolute Gasteiger partial charge is 0.262 e. The van der Waals surface area contributed by atoms with Crippen molar-refractivity contribution in [3.05, 3.63) is 71.8 Å². The van der Waals surface area contributed by atoms with Gasteiger partial charge >= 0.3 is 0 Å². The third kappa shape index (κ3) is 6.15. The van der Waals surface area contributed by atoms with Crippen molar-refractivity contribution in [1.29, 1.82) is 0 Å². The topological polar surface area (TPSA) is 112 Å². The fourth-order valence-electron chi connectivity index (χ4n) is 3.41. The van der Waals surface area contributed by atoms with Crippen molar-refractivity contribution < 1.29 is 32.2 Å². The van der Waals surface area contributed by atoms with Gasteiger partial charge in [-0.2, -0.15) is 0 Å². The lowest BCUT2D eigenvalue weighted by molar-refractivity contribution is 0.0955. The molecule has 0 aliphatic heterocycles. The summed E-state index contributed by atoms with van der Waals surface area (Å²) in [4.78, 5) is 12.8. The molecule has 10 heteroatoms. The van der Waals surface area contributed by atoms with Gasteiger partial charge in [-0.15, -0.1) is 0 Å². The lowest BCUT2D eigenvalue weighted by atomic mass is 10.1. The molecule has 0 aliphatic carbocycles. The van der Waals surface area contributed by atoms with Gasteiger partial charge in [0.1, 0.15) is 0 Å². The number of hydrogen-bond donors (Lipinski definition) is 2. The van der Waals surface area contributed by atoms with Gasteiger partial charge < -0.3 is 24.3 Å². The minimum atomic E-state index is -4.00. The van der Waals surface area contributed by atoms with Gasteiger partial charge in [0.15, 0.2) is 23.0 Å². The van der Waals surface area contributed by atoms with Crippen molar-refractivity contribution in [3.63, 3.8) is 0 Å². The molecule has 0 saturated heterocycles. The molecular formula is C25H28N2O7S. The molecule has 0 spiro atoms. The highest BCUT2D eigenvalue weighted by Crippen LogP contribution is 2.31. The highest BCUT2D eigenvalue weighted by atomic mass is 32.2. The number of benzene rings is 3. The second-order valence-electron chi connectivity index (χ2n) is 7.36. The van der Waals surface area contributed by atoms with Crippen LogP contribution in [0.2, 0.25) is 0 Å². The van der Waals surface area contributed by atoms with E-state index in [0.717, 1.165) is 5.56 Å². The summed E-state index contributed by atoms with van der Waals surface area (Å²) in [6.45, 7) is 0.338. The van der Waals surface area contributed by atoms with Crippen molar-refractivity contribution in [1.82, 2.24) is 5.32 Å². The monoisotopic (exact) mass is 500 g/mol. The zero-order valence-electron chi connectivity index (χ0n) is 20.0. The lowest BCUT2D eigenvalue weighted by Gasteiger charge is -2.14. The van der Waals surface area contributed by atoms with E-state index >= 15 is 0 Å². The molecule has 0 aliphatic rings. The van der Waals surface area contributed by atoms with Crippen LogP contribution in [0.5, 0.6) is 23.0 Å². The Morgan fingerprint density at radius 3 is 2.03 bits per heavy atom. The van der Waals surface area contributed by atoms with Crippen molar-refractivity contribution in [2.24, 2.45) is 0 Å². The Morgan fingerprint density at radius 2 is 1.37 bits per heavy atom. The molecule has 0 heterocycles. The maximum atomic E-state index is 13.0. The first-order valence-electron chi connectivity index (χ1n) is 10.7. The number of sulfonamides is 1. The maximum absolute atomic E-state index is 13.0. The average Bonchev–Trinajstić information content (AvgIpc) is 2.88. The fourth-order valence-corrected chi connectivity index (χ4v) is 4.50. The van der Waals surface area contributed by atoms with Crippen molar-refractivity contribution in [2.75, 3.05) is 39.7 Å². The highest BCUT2D eigenvalue weighted by Gasteiger charge is 2.20. The SMILES string of the molecule is COc1ccc(CCNC(=O)c2ccccc2NS(=O)(=O)c2ccc(OC)c(OC)c2)cc1OC. The van der Waals surface area contributed by atoms with Gasteiger partial charge in [0, 0.05) is 12.6 Å². The highest BCUT2D eigenvalue weighted by molar-refractivity contribution is 7.92. The Bertz CT molecular complexity index is 1290. The molecule has 35 heavy (non-hydrogen) atoms. The molecule has 0 atom stereocenters. The third-order valence-electron chi connectivity index (χ3n) is 5.23. The number of para-hydroxylation sites is 1. The van der Waals surface area contributed by atoms with Crippen LogP contribution >= 0.6 is 0 Å². The Hall–Kier alpha value is -3.92. The number of methoxy groups -OCH3 is 4. The van der Waals surface area contributed by atoms with Crippen LogP contribution in [-0.4, -0.2) is 49.3 Å². The molecule has 2 N–H and O–H groups in total. The quantitative estimate of drug-likeness (QED) is 0.414. The van der Waals surface area contributed by atoms with Gasteiger partial charge in [-0.3, -0.25) is 9.52 Å². The van der Waals surface area contributed by atoms with Crippen LogP contribution in [0.25, 0.3) is 0 Å². The van der Waals surface area contributed by atoms with Gasteiger partial charge in [-0.05, 0) is 48.4 Å². The molecule has 3 aromatic carbocycles. The zero-order chi connectivity index (χ0) is 25.4. The second kappa shape index (κ2) is 11.5. The largest absolute Gasteiger partial charge is 0.493 e. The number of carbonyl (C=O) groups is 1.